The van der Waals surface area contributed by atoms with E-state index < -0.39 is 5.54 Å². The number of rotatable bonds is 5. The summed E-state index contributed by atoms with van der Waals surface area (Å²) >= 11 is 0. The van der Waals surface area contributed by atoms with E-state index in [0.717, 1.165) is 51.0 Å². The first kappa shape index (κ1) is 14.9. The standard InChI is InChI=1S/C17H28N2O2/c1-3-12(2)14-15(20)19(11-8-13-6-7-13)17(16(21)18-14)9-4-5-10-17/h12-14H,3-11H2,1-2H3,(H,18,21). The van der Waals surface area contributed by atoms with Crippen molar-refractivity contribution in [3.63, 3.8) is 0 Å². The van der Waals surface area contributed by atoms with Crippen molar-refractivity contribution in [2.24, 2.45) is 11.8 Å². The zero-order chi connectivity index (χ0) is 15.0. The van der Waals surface area contributed by atoms with E-state index in [-0.39, 0.29) is 23.8 Å². The molecule has 2 atom stereocenters. The second-order valence-corrected chi connectivity index (χ2v) is 7.30. The first-order valence-electron chi connectivity index (χ1n) is 8.71. The largest absolute Gasteiger partial charge is 0.342 e. The molecule has 0 radical (unpaired) electrons. The fourth-order valence-electron chi connectivity index (χ4n) is 3.96. The fourth-order valence-corrected chi connectivity index (χ4v) is 3.96. The molecule has 1 heterocycles. The Morgan fingerprint density at radius 3 is 2.52 bits per heavy atom. The van der Waals surface area contributed by atoms with Crippen molar-refractivity contribution < 1.29 is 9.59 Å². The Morgan fingerprint density at radius 2 is 1.95 bits per heavy atom. The Morgan fingerprint density at radius 1 is 1.29 bits per heavy atom. The summed E-state index contributed by atoms with van der Waals surface area (Å²) in [5.74, 6) is 1.29. The minimum Gasteiger partial charge on any atom is -0.342 e. The third-order valence-electron chi connectivity index (χ3n) is 5.86. The highest BCUT2D eigenvalue weighted by molar-refractivity contribution is 6.00. The van der Waals surface area contributed by atoms with Gasteiger partial charge in [0.05, 0.1) is 0 Å². The number of nitrogens with zero attached hydrogens (tertiary/aromatic N) is 1. The lowest BCUT2D eigenvalue weighted by molar-refractivity contribution is -0.159. The quantitative estimate of drug-likeness (QED) is 0.846. The van der Waals surface area contributed by atoms with Crippen LogP contribution >= 0.6 is 0 Å². The highest BCUT2D eigenvalue weighted by atomic mass is 16.2. The van der Waals surface area contributed by atoms with Crippen molar-refractivity contribution in [3.8, 4) is 0 Å². The van der Waals surface area contributed by atoms with Crippen LogP contribution in [0.15, 0.2) is 0 Å². The second-order valence-electron chi connectivity index (χ2n) is 7.30. The van der Waals surface area contributed by atoms with E-state index >= 15 is 0 Å². The summed E-state index contributed by atoms with van der Waals surface area (Å²) in [6.07, 6.45) is 8.42. The third-order valence-corrected chi connectivity index (χ3v) is 5.86. The van der Waals surface area contributed by atoms with Crippen LogP contribution in [0.4, 0.5) is 0 Å². The van der Waals surface area contributed by atoms with E-state index in [1.807, 2.05) is 4.90 Å². The Bertz CT molecular complexity index is 425. The topological polar surface area (TPSA) is 49.4 Å². The van der Waals surface area contributed by atoms with Crippen molar-refractivity contribution in [3.05, 3.63) is 0 Å². The molecule has 3 aliphatic rings. The predicted octanol–water partition coefficient (Wildman–Crippen LogP) is 2.47. The maximum atomic E-state index is 13.0. The lowest BCUT2D eigenvalue weighted by atomic mass is 9.85. The molecule has 2 amide bonds. The summed E-state index contributed by atoms with van der Waals surface area (Å²) in [5.41, 5.74) is -0.518. The van der Waals surface area contributed by atoms with Gasteiger partial charge in [-0.15, -0.1) is 0 Å². The number of hydrogen-bond acceptors (Lipinski definition) is 2. The summed E-state index contributed by atoms with van der Waals surface area (Å²) in [6.45, 7) is 4.93. The van der Waals surface area contributed by atoms with E-state index in [1.54, 1.807) is 0 Å². The van der Waals surface area contributed by atoms with Gasteiger partial charge in [-0.3, -0.25) is 9.59 Å². The van der Waals surface area contributed by atoms with E-state index in [9.17, 15) is 9.59 Å². The first-order chi connectivity index (χ1) is 10.1. The Hall–Kier alpha value is -1.06. The average molecular weight is 292 g/mol. The molecule has 0 aromatic rings. The first-order valence-corrected chi connectivity index (χ1v) is 8.71. The lowest BCUT2D eigenvalue weighted by Crippen LogP contribution is -2.71. The van der Waals surface area contributed by atoms with Gasteiger partial charge >= 0.3 is 0 Å². The smallest absolute Gasteiger partial charge is 0.246 e. The zero-order valence-corrected chi connectivity index (χ0v) is 13.4. The molecule has 0 aromatic heterocycles. The molecule has 1 N–H and O–H groups in total. The van der Waals surface area contributed by atoms with Crippen LogP contribution in [0.2, 0.25) is 0 Å². The zero-order valence-electron chi connectivity index (χ0n) is 13.4. The van der Waals surface area contributed by atoms with Crippen LogP contribution in [0.5, 0.6) is 0 Å². The molecule has 3 fully saturated rings. The van der Waals surface area contributed by atoms with Gasteiger partial charge in [0.25, 0.3) is 0 Å². The minimum absolute atomic E-state index is 0.112. The van der Waals surface area contributed by atoms with Gasteiger partial charge in [-0.05, 0) is 31.1 Å². The van der Waals surface area contributed by atoms with E-state index in [2.05, 4.69) is 19.2 Å². The van der Waals surface area contributed by atoms with E-state index in [4.69, 9.17) is 0 Å². The number of amides is 2. The molecule has 2 unspecified atom stereocenters. The maximum absolute atomic E-state index is 13.0. The van der Waals surface area contributed by atoms with E-state index in [0.29, 0.717) is 0 Å². The van der Waals surface area contributed by atoms with Crippen LogP contribution in [0.1, 0.15) is 65.2 Å². The molecule has 1 saturated heterocycles. The van der Waals surface area contributed by atoms with Crippen molar-refractivity contribution >= 4 is 11.8 Å². The third kappa shape index (κ3) is 2.58. The van der Waals surface area contributed by atoms with Gasteiger partial charge < -0.3 is 10.2 Å². The molecule has 1 spiro atoms. The lowest BCUT2D eigenvalue weighted by Gasteiger charge is -2.47. The number of hydrogen-bond donors (Lipinski definition) is 1. The van der Waals surface area contributed by atoms with Crippen molar-refractivity contribution in [1.29, 1.82) is 0 Å². The molecule has 21 heavy (non-hydrogen) atoms. The normalized spacial score (nSPS) is 29.8. The minimum atomic E-state index is -0.518. The number of carbonyl (C=O) groups is 2. The summed E-state index contributed by atoms with van der Waals surface area (Å²) in [7, 11) is 0. The number of carbonyl (C=O) groups excluding carboxylic acids is 2. The Balaban J connectivity index is 1.82. The summed E-state index contributed by atoms with van der Waals surface area (Å²) in [4.78, 5) is 27.7. The molecular formula is C17H28N2O2. The molecule has 3 rings (SSSR count). The van der Waals surface area contributed by atoms with Gasteiger partial charge in [0.2, 0.25) is 11.8 Å². The average Bonchev–Trinajstić information content (AvgIpc) is 3.18. The summed E-state index contributed by atoms with van der Waals surface area (Å²) in [6, 6.07) is -0.312. The molecule has 118 valence electrons. The number of nitrogens with one attached hydrogen (secondary N) is 1. The van der Waals surface area contributed by atoms with Gasteiger partial charge in [-0.25, -0.2) is 0 Å². The molecule has 2 aliphatic carbocycles. The molecule has 0 aromatic carbocycles. The van der Waals surface area contributed by atoms with Crippen molar-refractivity contribution in [1.82, 2.24) is 10.2 Å². The van der Waals surface area contributed by atoms with Crippen molar-refractivity contribution in [2.45, 2.75) is 76.8 Å². The molecule has 4 nitrogen and oxygen atoms in total. The van der Waals surface area contributed by atoms with Gasteiger partial charge in [0, 0.05) is 6.54 Å². The Kier molecular flexibility index (Phi) is 3.98. The SMILES string of the molecule is CCC(C)C1NC(=O)C2(CCCC2)N(CCC2CC2)C1=O. The highest BCUT2D eigenvalue weighted by Gasteiger charge is 2.54. The fraction of sp³-hybridized carbons (Fsp3) is 0.882. The highest BCUT2D eigenvalue weighted by Crippen LogP contribution is 2.41. The van der Waals surface area contributed by atoms with Gasteiger partial charge in [-0.2, -0.15) is 0 Å². The summed E-state index contributed by atoms with van der Waals surface area (Å²) < 4.78 is 0. The van der Waals surface area contributed by atoms with Crippen LogP contribution in [0.25, 0.3) is 0 Å². The maximum Gasteiger partial charge on any atom is 0.246 e. The molecule has 0 bridgehead atoms. The molecule has 2 saturated carbocycles. The molecule has 1 aliphatic heterocycles. The van der Waals surface area contributed by atoms with Crippen LogP contribution in [0, 0.1) is 11.8 Å². The van der Waals surface area contributed by atoms with Gasteiger partial charge in [-0.1, -0.05) is 46.0 Å². The molecular weight excluding hydrogens is 264 g/mol. The Labute approximate surface area is 127 Å². The van der Waals surface area contributed by atoms with E-state index in [1.165, 1.54) is 12.8 Å². The summed E-state index contributed by atoms with van der Waals surface area (Å²) in [5, 5.41) is 3.05. The monoisotopic (exact) mass is 292 g/mol. The van der Waals surface area contributed by atoms with Crippen LogP contribution in [-0.4, -0.2) is 34.8 Å². The molecule has 4 heteroatoms. The van der Waals surface area contributed by atoms with Crippen LogP contribution < -0.4 is 5.32 Å². The van der Waals surface area contributed by atoms with Gasteiger partial charge in [0.1, 0.15) is 11.6 Å². The van der Waals surface area contributed by atoms with Crippen LogP contribution in [-0.2, 0) is 9.59 Å². The number of piperazine rings is 1. The van der Waals surface area contributed by atoms with Crippen molar-refractivity contribution in [2.75, 3.05) is 6.54 Å². The van der Waals surface area contributed by atoms with Gasteiger partial charge in [0.15, 0.2) is 0 Å². The van der Waals surface area contributed by atoms with Crippen LogP contribution in [0.3, 0.4) is 0 Å². The predicted molar refractivity (Wildman–Crippen MR) is 81.6 cm³/mol. The second kappa shape index (κ2) is 5.62.